The summed E-state index contributed by atoms with van der Waals surface area (Å²) in [5.74, 6) is -3.03. The third-order valence-corrected chi connectivity index (χ3v) is 9.32. The van der Waals surface area contributed by atoms with Crippen molar-refractivity contribution in [3.63, 3.8) is 0 Å². The Balaban J connectivity index is 0.00000204. The molecule has 8 atom stereocenters. The van der Waals surface area contributed by atoms with E-state index < -0.39 is 66.2 Å². The second-order valence-corrected chi connectivity index (χ2v) is 11.5. The Morgan fingerprint density at radius 2 is 1.85 bits per heavy atom. The molecule has 8 nitrogen and oxygen atoms in total. The van der Waals surface area contributed by atoms with Crippen molar-refractivity contribution in [1.82, 2.24) is 0 Å². The van der Waals surface area contributed by atoms with Crippen molar-refractivity contribution in [2.24, 2.45) is 28.6 Å². The number of hydrogen-bond donors (Lipinski definition) is 2. The van der Waals surface area contributed by atoms with Gasteiger partial charge >= 0.3 is 59.1 Å². The first-order valence-electron chi connectivity index (χ1n) is 10.8. The molecular formula is C22H28FNa2O8P. The summed E-state index contributed by atoms with van der Waals surface area (Å²) < 4.78 is 32.5. The van der Waals surface area contributed by atoms with Crippen molar-refractivity contribution in [2.45, 2.75) is 63.8 Å². The van der Waals surface area contributed by atoms with E-state index in [-0.39, 0.29) is 84.2 Å². The minimum absolute atomic E-state index is 0. The van der Waals surface area contributed by atoms with Crippen molar-refractivity contribution < 1.29 is 102 Å². The van der Waals surface area contributed by atoms with Gasteiger partial charge in [0.05, 0.1) is 20.5 Å². The van der Waals surface area contributed by atoms with Gasteiger partial charge in [-0.05, 0) is 50.7 Å². The zero-order chi connectivity index (χ0) is 23.9. The first-order valence-corrected chi connectivity index (χ1v) is 12.3. The Morgan fingerprint density at radius 3 is 2.44 bits per heavy atom. The van der Waals surface area contributed by atoms with Crippen LogP contribution in [0.5, 0.6) is 0 Å². The van der Waals surface area contributed by atoms with Crippen LogP contribution < -0.4 is 68.9 Å². The smallest absolute Gasteiger partial charge is 0.790 e. The summed E-state index contributed by atoms with van der Waals surface area (Å²) in [7, 11) is -5.49. The molecular weight excluding hydrogens is 488 g/mol. The second kappa shape index (κ2) is 9.83. The number of Topliss-reactive ketones (excluding diaryl/α,β-unsaturated/α-hetero) is 1. The number of aliphatic hydroxyl groups is 2. The second-order valence-electron chi connectivity index (χ2n) is 10.3. The molecule has 0 unspecified atom stereocenters. The summed E-state index contributed by atoms with van der Waals surface area (Å²) >= 11 is 0. The quantitative estimate of drug-likeness (QED) is 0.280. The SMILES string of the molecule is C[C@H]1C[C@H]2[C@@H]3CCC4=CC(=O)C=C[C@]4(C)[C@@]3(F)[C@@H](O)C[C@]2(C)[C@](O)(COP(=O)([O-])[O-])C1=O.[Na+].[Na+]. The molecule has 0 aromatic carbocycles. The summed E-state index contributed by atoms with van der Waals surface area (Å²) in [6.07, 6.45) is 3.20. The number of carbonyl (C=O) groups is 2. The van der Waals surface area contributed by atoms with Crippen molar-refractivity contribution in [3.05, 3.63) is 23.8 Å². The summed E-state index contributed by atoms with van der Waals surface area (Å²) in [5, 5.41) is 22.7. The number of rotatable bonds is 3. The molecule has 0 aromatic rings. The van der Waals surface area contributed by atoms with Crippen LogP contribution in [0.3, 0.4) is 0 Å². The maximum atomic E-state index is 17.1. The molecule has 4 aliphatic carbocycles. The summed E-state index contributed by atoms with van der Waals surface area (Å²) in [4.78, 5) is 47.2. The van der Waals surface area contributed by atoms with Crippen LogP contribution in [0.15, 0.2) is 23.8 Å². The van der Waals surface area contributed by atoms with E-state index in [0.29, 0.717) is 12.0 Å². The van der Waals surface area contributed by atoms with Gasteiger partial charge in [-0.15, -0.1) is 0 Å². The predicted octanol–water partition coefficient (Wildman–Crippen LogP) is -5.24. The van der Waals surface area contributed by atoms with Crippen molar-refractivity contribution >= 4 is 19.4 Å². The minimum atomic E-state index is -5.49. The van der Waals surface area contributed by atoms with Gasteiger partial charge in [0.25, 0.3) is 0 Å². The van der Waals surface area contributed by atoms with Crippen LogP contribution in [-0.2, 0) is 18.7 Å². The first kappa shape index (κ1) is 31.0. The van der Waals surface area contributed by atoms with Gasteiger partial charge in [0.1, 0.15) is 0 Å². The van der Waals surface area contributed by atoms with Crippen molar-refractivity contribution in [3.8, 4) is 0 Å². The van der Waals surface area contributed by atoms with Gasteiger partial charge in [-0.3, -0.25) is 9.59 Å². The largest absolute Gasteiger partial charge is 1.00 e. The number of allylic oxidation sites excluding steroid dienone is 4. The fourth-order valence-electron chi connectivity index (χ4n) is 7.06. The Kier molecular flexibility index (Phi) is 8.96. The van der Waals surface area contributed by atoms with Crippen LogP contribution >= 0.6 is 7.82 Å². The number of aliphatic hydroxyl groups excluding tert-OH is 1. The van der Waals surface area contributed by atoms with Crippen molar-refractivity contribution in [1.29, 1.82) is 0 Å². The molecule has 0 radical (unpaired) electrons. The van der Waals surface area contributed by atoms with Crippen molar-refractivity contribution in [2.75, 3.05) is 6.61 Å². The Hall–Kier alpha value is 0.780. The zero-order valence-corrected chi connectivity index (χ0v) is 25.1. The van der Waals surface area contributed by atoms with Gasteiger partial charge in [-0.25, -0.2) is 4.39 Å². The molecule has 0 aliphatic heterocycles. The Morgan fingerprint density at radius 1 is 1.24 bits per heavy atom. The Labute approximate surface area is 242 Å². The molecule has 178 valence electrons. The standard InChI is InChI=1S/C22H30FO8P.2Na/c1-12-8-16-15-5-4-13-9-14(24)6-7-19(13,2)22(15,23)17(25)10-20(16,3)21(27,18(12)26)11-31-32(28,29)30;;/h6-7,9,12,15-17,25,27H,4-5,8,10-11H2,1-3H3,(H2,28,29,30);;/q;2*+1/p-2/t12-,15-,16-,17-,19-,20-,21-,22-;;/m0../s1. The van der Waals surface area contributed by atoms with E-state index in [4.69, 9.17) is 0 Å². The predicted molar refractivity (Wildman–Crippen MR) is 106 cm³/mol. The molecule has 0 heterocycles. The van der Waals surface area contributed by atoms with Crippen LogP contribution in [0.2, 0.25) is 0 Å². The molecule has 34 heavy (non-hydrogen) atoms. The number of hydrogen-bond acceptors (Lipinski definition) is 8. The minimum Gasteiger partial charge on any atom is -0.790 e. The molecule has 3 saturated carbocycles. The number of phosphoric acid groups is 1. The summed E-state index contributed by atoms with van der Waals surface area (Å²) in [5.41, 5.74) is -6.59. The fourth-order valence-corrected chi connectivity index (χ4v) is 7.40. The van der Waals surface area contributed by atoms with Gasteiger partial charge < -0.3 is 29.1 Å². The number of ketones is 2. The molecule has 0 saturated heterocycles. The number of alkyl halides is 1. The van der Waals surface area contributed by atoms with Gasteiger partial charge in [0.15, 0.2) is 22.8 Å². The van der Waals surface area contributed by atoms with E-state index >= 15 is 4.39 Å². The van der Waals surface area contributed by atoms with E-state index in [0.717, 1.165) is 0 Å². The fraction of sp³-hybridized carbons (Fsp3) is 0.727. The normalized spacial score (nSPS) is 45.7. The summed E-state index contributed by atoms with van der Waals surface area (Å²) in [6.45, 7) is 3.68. The van der Waals surface area contributed by atoms with E-state index in [1.54, 1.807) is 13.8 Å². The average molecular weight is 516 g/mol. The van der Waals surface area contributed by atoms with Crippen LogP contribution in [0.4, 0.5) is 4.39 Å². The van der Waals surface area contributed by atoms with Crippen LogP contribution in [0.25, 0.3) is 0 Å². The van der Waals surface area contributed by atoms with E-state index in [1.807, 2.05) is 0 Å². The van der Waals surface area contributed by atoms with Crippen LogP contribution in [0.1, 0.15) is 46.5 Å². The summed E-state index contributed by atoms with van der Waals surface area (Å²) in [6, 6.07) is 0. The number of phosphoric ester groups is 1. The molecule has 12 heteroatoms. The molecule has 0 aromatic heterocycles. The molecule has 4 aliphatic rings. The van der Waals surface area contributed by atoms with E-state index in [2.05, 4.69) is 4.52 Å². The molecule has 0 bridgehead atoms. The topological polar surface area (TPSA) is 147 Å². The van der Waals surface area contributed by atoms with Gasteiger partial charge in [0, 0.05) is 22.7 Å². The van der Waals surface area contributed by atoms with Gasteiger partial charge in [0.2, 0.25) is 0 Å². The first-order chi connectivity index (χ1) is 14.6. The Bertz CT molecular complexity index is 984. The maximum Gasteiger partial charge on any atom is 1.00 e. The number of fused-ring (bicyclic) bond motifs is 5. The third-order valence-electron chi connectivity index (χ3n) is 8.87. The van der Waals surface area contributed by atoms with E-state index in [9.17, 15) is 34.2 Å². The van der Waals surface area contributed by atoms with Gasteiger partial charge in [-0.1, -0.05) is 25.5 Å². The average Bonchev–Trinajstić information content (AvgIpc) is 2.69. The van der Waals surface area contributed by atoms with Crippen LogP contribution in [0, 0.1) is 28.6 Å². The van der Waals surface area contributed by atoms with E-state index in [1.165, 1.54) is 25.2 Å². The third kappa shape index (κ3) is 4.30. The number of carbonyl (C=O) groups excluding carboxylic acids is 2. The molecule has 4 rings (SSSR count). The molecule has 0 spiro atoms. The zero-order valence-electron chi connectivity index (χ0n) is 20.2. The van der Waals surface area contributed by atoms with Gasteiger partial charge in [-0.2, -0.15) is 0 Å². The van der Waals surface area contributed by atoms with Crippen LogP contribution in [-0.4, -0.2) is 45.8 Å². The molecule has 2 N–H and O–H groups in total. The molecule has 0 amide bonds. The monoisotopic (exact) mass is 516 g/mol. The molecule has 3 fully saturated rings. The maximum absolute atomic E-state index is 17.1. The number of halogens is 1.